The number of benzene rings is 1. The lowest BCUT2D eigenvalue weighted by Gasteiger charge is -2.01. The molecule has 3 nitrogen and oxygen atoms in total. The van der Waals surface area contributed by atoms with Crippen LogP contribution in [0.3, 0.4) is 0 Å². The van der Waals surface area contributed by atoms with Gasteiger partial charge in [-0.3, -0.25) is 0 Å². The normalized spacial score (nSPS) is 15.6. The molecular formula is C10H9N2O. The molecule has 0 saturated heterocycles. The van der Waals surface area contributed by atoms with Crippen LogP contribution in [0.15, 0.2) is 36.0 Å². The molecule has 0 atom stereocenters. The molecule has 2 rings (SSSR count). The van der Waals surface area contributed by atoms with Crippen molar-refractivity contribution in [1.29, 1.82) is 0 Å². The van der Waals surface area contributed by atoms with Crippen molar-refractivity contribution in [1.82, 2.24) is 10.6 Å². The zero-order valence-corrected chi connectivity index (χ0v) is 7.24. The summed E-state index contributed by atoms with van der Waals surface area (Å²) in [4.78, 5) is 10.9. The van der Waals surface area contributed by atoms with Crippen LogP contribution in [0.25, 0.3) is 5.70 Å². The van der Waals surface area contributed by atoms with Gasteiger partial charge in [-0.2, -0.15) is 5.32 Å². The van der Waals surface area contributed by atoms with Crippen molar-refractivity contribution in [3.63, 3.8) is 0 Å². The van der Waals surface area contributed by atoms with E-state index in [1.54, 1.807) is 0 Å². The molecule has 3 heteroatoms. The molecule has 1 radical (unpaired) electrons. The molecule has 0 bridgehead atoms. The molecule has 0 aromatic heterocycles. The molecule has 1 aromatic carbocycles. The van der Waals surface area contributed by atoms with Crippen LogP contribution < -0.4 is 10.6 Å². The van der Waals surface area contributed by atoms with Gasteiger partial charge >= 0.3 is 6.03 Å². The Morgan fingerprint density at radius 1 is 1.23 bits per heavy atom. The highest BCUT2D eigenvalue weighted by molar-refractivity contribution is 5.93. The lowest BCUT2D eigenvalue weighted by molar-refractivity contribution is 0.248. The second-order valence-electron chi connectivity index (χ2n) is 2.87. The summed E-state index contributed by atoms with van der Waals surface area (Å²) in [5, 5.41) is 6.47. The largest absolute Gasteiger partial charge is 0.345 e. The Morgan fingerprint density at radius 2 is 1.92 bits per heavy atom. The molecular weight excluding hydrogens is 164 g/mol. The molecule has 65 valence electrons. The second-order valence-corrected chi connectivity index (χ2v) is 2.87. The third kappa shape index (κ3) is 1.40. The van der Waals surface area contributed by atoms with Gasteiger partial charge < -0.3 is 5.32 Å². The fraction of sp³-hybridized carbons (Fsp3) is 0.100. The Labute approximate surface area is 76.5 Å². The average Bonchev–Trinajstić information content (AvgIpc) is 2.47. The topological polar surface area (TPSA) is 43.2 Å². The lowest BCUT2D eigenvalue weighted by Crippen LogP contribution is -2.18. The minimum atomic E-state index is -0.281. The monoisotopic (exact) mass is 173 g/mol. The van der Waals surface area contributed by atoms with E-state index in [1.807, 2.05) is 37.3 Å². The number of nitrogens with one attached hydrogen (secondary N) is 1. The SMILES string of the molecule is CC1=C(c2ccccc2)NC(=O)[N]1. The Hall–Kier alpha value is -1.77. The van der Waals surface area contributed by atoms with Gasteiger partial charge in [0.25, 0.3) is 0 Å². The number of hydrogen-bond donors (Lipinski definition) is 1. The minimum absolute atomic E-state index is 0.281. The highest BCUT2D eigenvalue weighted by atomic mass is 16.2. The fourth-order valence-electron chi connectivity index (χ4n) is 1.32. The number of nitrogens with zero attached hydrogens (tertiary/aromatic N) is 1. The number of hydrogen-bond acceptors (Lipinski definition) is 1. The first-order valence-electron chi connectivity index (χ1n) is 4.06. The summed E-state index contributed by atoms with van der Waals surface area (Å²) in [6.07, 6.45) is 0. The zero-order valence-electron chi connectivity index (χ0n) is 7.24. The van der Waals surface area contributed by atoms with Crippen molar-refractivity contribution in [2.75, 3.05) is 0 Å². The van der Waals surface area contributed by atoms with E-state index in [-0.39, 0.29) is 6.03 Å². The predicted octanol–water partition coefficient (Wildman–Crippen LogP) is 1.70. The van der Waals surface area contributed by atoms with Crippen LogP contribution in [-0.2, 0) is 0 Å². The number of carbonyl (C=O) groups excluding carboxylic acids is 1. The van der Waals surface area contributed by atoms with Gasteiger partial charge in [-0.25, -0.2) is 4.79 Å². The van der Waals surface area contributed by atoms with Gasteiger partial charge in [-0.15, -0.1) is 0 Å². The van der Waals surface area contributed by atoms with Crippen molar-refractivity contribution in [3.8, 4) is 0 Å². The summed E-state index contributed by atoms with van der Waals surface area (Å²) in [5.41, 5.74) is 2.55. The molecule has 0 fully saturated rings. The van der Waals surface area contributed by atoms with Gasteiger partial charge in [0, 0.05) is 0 Å². The van der Waals surface area contributed by atoms with E-state index < -0.39 is 0 Å². The Morgan fingerprint density at radius 3 is 2.46 bits per heavy atom. The summed E-state index contributed by atoms with van der Waals surface area (Å²) < 4.78 is 0. The summed E-state index contributed by atoms with van der Waals surface area (Å²) >= 11 is 0. The molecule has 1 N–H and O–H groups in total. The zero-order chi connectivity index (χ0) is 9.26. The quantitative estimate of drug-likeness (QED) is 0.690. The van der Waals surface area contributed by atoms with E-state index >= 15 is 0 Å². The van der Waals surface area contributed by atoms with Gasteiger partial charge in [0.1, 0.15) is 0 Å². The van der Waals surface area contributed by atoms with Gasteiger partial charge in [0.2, 0.25) is 0 Å². The summed E-state index contributed by atoms with van der Waals surface area (Å²) in [7, 11) is 0. The van der Waals surface area contributed by atoms with Gasteiger partial charge in [0.05, 0.1) is 11.4 Å². The van der Waals surface area contributed by atoms with E-state index in [9.17, 15) is 4.79 Å². The smallest absolute Gasteiger partial charge is 0.304 e. The van der Waals surface area contributed by atoms with Crippen LogP contribution in [0.2, 0.25) is 0 Å². The van der Waals surface area contributed by atoms with Crippen molar-refractivity contribution in [3.05, 3.63) is 41.6 Å². The summed E-state index contributed by atoms with van der Waals surface area (Å²) in [6.45, 7) is 1.82. The van der Waals surface area contributed by atoms with E-state index in [0.717, 1.165) is 17.0 Å². The van der Waals surface area contributed by atoms with Crippen molar-refractivity contribution in [2.24, 2.45) is 0 Å². The molecule has 0 aliphatic carbocycles. The highest BCUT2D eigenvalue weighted by Crippen LogP contribution is 2.18. The van der Waals surface area contributed by atoms with Gasteiger partial charge in [0.15, 0.2) is 0 Å². The molecule has 0 unspecified atom stereocenters. The van der Waals surface area contributed by atoms with Crippen LogP contribution >= 0.6 is 0 Å². The average molecular weight is 173 g/mol. The number of rotatable bonds is 1. The van der Waals surface area contributed by atoms with Crippen LogP contribution in [0.1, 0.15) is 12.5 Å². The van der Waals surface area contributed by atoms with Crippen LogP contribution in [0.5, 0.6) is 0 Å². The molecule has 1 aromatic rings. The second kappa shape index (κ2) is 2.94. The van der Waals surface area contributed by atoms with E-state index in [0.29, 0.717) is 0 Å². The fourth-order valence-corrected chi connectivity index (χ4v) is 1.32. The number of amides is 2. The van der Waals surface area contributed by atoms with Crippen molar-refractivity contribution >= 4 is 11.7 Å². The lowest BCUT2D eigenvalue weighted by atomic mass is 10.1. The minimum Gasteiger partial charge on any atom is -0.304 e. The third-order valence-electron chi connectivity index (χ3n) is 1.93. The molecule has 2 amide bonds. The van der Waals surface area contributed by atoms with E-state index in [1.165, 1.54) is 0 Å². The Balaban J connectivity index is 2.38. The summed E-state index contributed by atoms with van der Waals surface area (Å²) in [6, 6.07) is 9.41. The van der Waals surface area contributed by atoms with Crippen LogP contribution in [-0.4, -0.2) is 6.03 Å². The molecule has 13 heavy (non-hydrogen) atoms. The molecule has 1 heterocycles. The predicted molar refractivity (Wildman–Crippen MR) is 49.7 cm³/mol. The van der Waals surface area contributed by atoms with E-state index in [4.69, 9.17) is 0 Å². The standard InChI is InChI=1S/C10H9N2O/c1-7-9(12-10(13)11-7)8-5-3-2-4-6-8/h2-6H,1H3,(H,12,13). The van der Waals surface area contributed by atoms with Crippen LogP contribution in [0.4, 0.5) is 4.79 Å². The number of allylic oxidation sites excluding steroid dienone is 1. The first kappa shape index (κ1) is 7.86. The first-order chi connectivity index (χ1) is 6.27. The number of carbonyl (C=O) groups is 1. The summed E-state index contributed by atoms with van der Waals surface area (Å²) in [5.74, 6) is 0. The van der Waals surface area contributed by atoms with Crippen LogP contribution in [0, 0.1) is 0 Å². The first-order valence-corrected chi connectivity index (χ1v) is 4.06. The number of urea groups is 1. The van der Waals surface area contributed by atoms with Gasteiger partial charge in [-0.05, 0) is 12.5 Å². The molecule has 1 aliphatic heterocycles. The van der Waals surface area contributed by atoms with Crippen molar-refractivity contribution < 1.29 is 4.79 Å². The maximum Gasteiger partial charge on any atom is 0.345 e. The maximum atomic E-state index is 10.9. The molecule has 1 aliphatic rings. The van der Waals surface area contributed by atoms with Gasteiger partial charge in [-0.1, -0.05) is 30.3 Å². The molecule has 0 saturated carbocycles. The highest BCUT2D eigenvalue weighted by Gasteiger charge is 2.19. The third-order valence-corrected chi connectivity index (χ3v) is 1.93. The Bertz CT molecular complexity index is 368. The van der Waals surface area contributed by atoms with Crippen molar-refractivity contribution in [2.45, 2.75) is 6.92 Å². The van der Waals surface area contributed by atoms with E-state index in [2.05, 4.69) is 10.6 Å². The molecule has 0 spiro atoms. The Kier molecular flexibility index (Phi) is 1.77. The maximum absolute atomic E-state index is 10.9.